The number of carbonyl (C=O) groups excluding carboxylic acids is 1. The SMILES string of the molecule is CCNC(=NCC1CN2CCCC2CO1)N1CCC(CC(=O)NC)CC1. The van der Waals surface area contributed by atoms with E-state index >= 15 is 0 Å². The second-order valence-electron chi connectivity index (χ2n) is 7.75. The molecule has 7 nitrogen and oxygen atoms in total. The molecule has 3 aliphatic heterocycles. The van der Waals surface area contributed by atoms with E-state index in [4.69, 9.17) is 9.73 Å². The first-order chi connectivity index (χ1) is 12.7. The second kappa shape index (κ2) is 9.55. The number of nitrogens with one attached hydrogen (secondary N) is 2. The van der Waals surface area contributed by atoms with Crippen LogP contribution in [-0.4, -0.2) is 86.7 Å². The minimum Gasteiger partial charge on any atom is -0.373 e. The summed E-state index contributed by atoms with van der Waals surface area (Å²) in [5.74, 6) is 1.64. The van der Waals surface area contributed by atoms with Crippen LogP contribution in [-0.2, 0) is 9.53 Å². The fourth-order valence-corrected chi connectivity index (χ4v) is 4.32. The van der Waals surface area contributed by atoms with Crippen molar-refractivity contribution < 1.29 is 9.53 Å². The Morgan fingerprint density at radius 2 is 2.04 bits per heavy atom. The number of amides is 1. The van der Waals surface area contributed by atoms with Gasteiger partial charge >= 0.3 is 0 Å². The summed E-state index contributed by atoms with van der Waals surface area (Å²) >= 11 is 0. The largest absolute Gasteiger partial charge is 0.373 e. The normalized spacial score (nSPS) is 28.1. The molecule has 3 rings (SSSR count). The van der Waals surface area contributed by atoms with Gasteiger partial charge in [-0.3, -0.25) is 14.7 Å². The third-order valence-electron chi connectivity index (χ3n) is 5.91. The number of hydrogen-bond donors (Lipinski definition) is 2. The van der Waals surface area contributed by atoms with Gasteiger partial charge in [0.15, 0.2) is 5.96 Å². The fraction of sp³-hybridized carbons (Fsp3) is 0.895. The topological polar surface area (TPSA) is 69.2 Å². The Hall–Kier alpha value is -1.34. The number of likely N-dealkylation sites (tertiary alicyclic amines) is 1. The van der Waals surface area contributed by atoms with Crippen molar-refractivity contribution in [3.8, 4) is 0 Å². The number of nitrogens with zero attached hydrogens (tertiary/aromatic N) is 3. The second-order valence-corrected chi connectivity index (χ2v) is 7.75. The van der Waals surface area contributed by atoms with Crippen LogP contribution in [0.4, 0.5) is 0 Å². The van der Waals surface area contributed by atoms with Gasteiger partial charge in [0.25, 0.3) is 0 Å². The van der Waals surface area contributed by atoms with Gasteiger partial charge in [-0.2, -0.15) is 0 Å². The fourth-order valence-electron chi connectivity index (χ4n) is 4.32. The predicted molar refractivity (Wildman–Crippen MR) is 103 cm³/mol. The molecule has 1 amide bonds. The van der Waals surface area contributed by atoms with Gasteiger partial charge in [0.2, 0.25) is 5.91 Å². The van der Waals surface area contributed by atoms with Crippen LogP contribution in [0.15, 0.2) is 4.99 Å². The molecule has 26 heavy (non-hydrogen) atoms. The van der Waals surface area contributed by atoms with Crippen LogP contribution < -0.4 is 10.6 Å². The summed E-state index contributed by atoms with van der Waals surface area (Å²) < 4.78 is 6.04. The highest BCUT2D eigenvalue weighted by Crippen LogP contribution is 2.23. The van der Waals surface area contributed by atoms with Gasteiger partial charge in [0.05, 0.1) is 19.3 Å². The van der Waals surface area contributed by atoms with Gasteiger partial charge in [-0.05, 0) is 45.1 Å². The quantitative estimate of drug-likeness (QED) is 0.553. The molecule has 148 valence electrons. The van der Waals surface area contributed by atoms with Gasteiger partial charge < -0.3 is 20.3 Å². The van der Waals surface area contributed by atoms with E-state index in [1.807, 2.05) is 0 Å². The zero-order valence-corrected chi connectivity index (χ0v) is 16.4. The molecule has 0 saturated carbocycles. The summed E-state index contributed by atoms with van der Waals surface area (Å²) in [4.78, 5) is 21.4. The molecular formula is C19H35N5O2. The van der Waals surface area contributed by atoms with E-state index in [2.05, 4.69) is 27.4 Å². The van der Waals surface area contributed by atoms with E-state index in [9.17, 15) is 4.79 Å². The first-order valence-corrected chi connectivity index (χ1v) is 10.3. The smallest absolute Gasteiger partial charge is 0.220 e. The molecule has 2 atom stereocenters. The maximum absolute atomic E-state index is 11.6. The van der Waals surface area contributed by atoms with Crippen molar-refractivity contribution in [3.63, 3.8) is 0 Å². The molecule has 3 aliphatic rings. The number of morpholine rings is 1. The third-order valence-corrected chi connectivity index (χ3v) is 5.91. The number of carbonyl (C=O) groups is 1. The molecule has 0 aromatic carbocycles. The molecule has 0 spiro atoms. The van der Waals surface area contributed by atoms with Crippen molar-refractivity contribution in [2.45, 2.75) is 51.2 Å². The Kier molecular flexibility index (Phi) is 7.14. The van der Waals surface area contributed by atoms with Crippen molar-refractivity contribution >= 4 is 11.9 Å². The van der Waals surface area contributed by atoms with Crippen molar-refractivity contribution in [2.75, 3.05) is 52.9 Å². The van der Waals surface area contributed by atoms with Gasteiger partial charge in [-0.25, -0.2) is 0 Å². The van der Waals surface area contributed by atoms with Gasteiger partial charge in [0.1, 0.15) is 0 Å². The van der Waals surface area contributed by atoms with E-state index in [1.165, 1.54) is 19.4 Å². The van der Waals surface area contributed by atoms with Gasteiger partial charge in [-0.1, -0.05) is 0 Å². The number of piperidine rings is 1. The zero-order chi connectivity index (χ0) is 18.4. The molecule has 2 N–H and O–H groups in total. The summed E-state index contributed by atoms with van der Waals surface area (Å²) in [5, 5.41) is 6.17. The van der Waals surface area contributed by atoms with Crippen LogP contribution in [0.25, 0.3) is 0 Å². The Morgan fingerprint density at radius 3 is 2.77 bits per heavy atom. The molecule has 0 bridgehead atoms. The maximum atomic E-state index is 11.6. The Bertz CT molecular complexity index is 490. The average Bonchev–Trinajstić information content (AvgIpc) is 3.13. The van der Waals surface area contributed by atoms with Crippen LogP contribution in [0.1, 0.15) is 39.0 Å². The lowest BCUT2D eigenvalue weighted by atomic mass is 9.93. The highest BCUT2D eigenvalue weighted by molar-refractivity contribution is 5.80. The van der Waals surface area contributed by atoms with E-state index in [1.54, 1.807) is 7.05 Å². The monoisotopic (exact) mass is 365 g/mol. The van der Waals surface area contributed by atoms with Crippen molar-refractivity contribution in [3.05, 3.63) is 0 Å². The standard InChI is InChI=1S/C19H35N5O2/c1-3-21-19(23-9-6-15(7-10-23)11-18(25)20-2)22-12-17-13-24-8-4-5-16(24)14-26-17/h15-17H,3-14H2,1-2H3,(H,20,25)(H,21,22). The third kappa shape index (κ3) is 5.10. The van der Waals surface area contributed by atoms with Crippen LogP contribution in [0.2, 0.25) is 0 Å². The van der Waals surface area contributed by atoms with E-state index < -0.39 is 0 Å². The molecule has 0 radical (unpaired) electrons. The predicted octanol–water partition coefficient (Wildman–Crippen LogP) is 0.663. The van der Waals surface area contributed by atoms with E-state index in [-0.39, 0.29) is 12.0 Å². The molecule has 0 aromatic heterocycles. The number of ether oxygens (including phenoxy) is 1. The van der Waals surface area contributed by atoms with Gasteiger partial charge in [0, 0.05) is 45.7 Å². The summed E-state index contributed by atoms with van der Waals surface area (Å²) in [5.41, 5.74) is 0. The summed E-state index contributed by atoms with van der Waals surface area (Å²) in [6.45, 7) is 8.73. The molecule has 3 saturated heterocycles. The number of aliphatic imine (C=N–C) groups is 1. The van der Waals surface area contributed by atoms with Crippen molar-refractivity contribution in [1.29, 1.82) is 0 Å². The molecule has 7 heteroatoms. The zero-order valence-electron chi connectivity index (χ0n) is 16.4. The number of fused-ring (bicyclic) bond motifs is 1. The summed E-state index contributed by atoms with van der Waals surface area (Å²) in [7, 11) is 1.71. The molecular weight excluding hydrogens is 330 g/mol. The molecule has 3 heterocycles. The number of hydrogen-bond acceptors (Lipinski definition) is 4. The lowest BCUT2D eigenvalue weighted by Crippen LogP contribution is -2.49. The van der Waals surface area contributed by atoms with Crippen LogP contribution in [0.3, 0.4) is 0 Å². The Morgan fingerprint density at radius 1 is 1.23 bits per heavy atom. The minimum absolute atomic E-state index is 0.152. The lowest BCUT2D eigenvalue weighted by Gasteiger charge is -2.36. The van der Waals surface area contributed by atoms with Crippen LogP contribution in [0.5, 0.6) is 0 Å². The summed E-state index contributed by atoms with van der Waals surface area (Å²) in [6, 6.07) is 0.641. The first kappa shape index (κ1) is 19.4. The highest BCUT2D eigenvalue weighted by Gasteiger charge is 2.32. The molecule has 2 unspecified atom stereocenters. The Labute approximate surface area is 157 Å². The minimum atomic E-state index is 0.152. The van der Waals surface area contributed by atoms with E-state index in [0.717, 1.165) is 58.1 Å². The van der Waals surface area contributed by atoms with Crippen LogP contribution >= 0.6 is 0 Å². The van der Waals surface area contributed by atoms with Crippen molar-refractivity contribution in [1.82, 2.24) is 20.4 Å². The molecule has 0 aliphatic carbocycles. The first-order valence-electron chi connectivity index (χ1n) is 10.3. The molecule has 0 aromatic rings. The molecule has 3 fully saturated rings. The number of rotatable bonds is 5. The van der Waals surface area contributed by atoms with Crippen molar-refractivity contribution in [2.24, 2.45) is 10.9 Å². The van der Waals surface area contributed by atoms with Crippen LogP contribution in [0, 0.1) is 5.92 Å². The average molecular weight is 366 g/mol. The van der Waals surface area contributed by atoms with Gasteiger partial charge in [-0.15, -0.1) is 0 Å². The lowest BCUT2D eigenvalue weighted by molar-refractivity contribution is -0.121. The maximum Gasteiger partial charge on any atom is 0.220 e. The summed E-state index contributed by atoms with van der Waals surface area (Å²) in [6.07, 6.45) is 5.54. The highest BCUT2D eigenvalue weighted by atomic mass is 16.5. The number of guanidine groups is 1. The van der Waals surface area contributed by atoms with E-state index in [0.29, 0.717) is 18.4 Å². The Balaban J connectivity index is 1.49.